The van der Waals surface area contributed by atoms with E-state index in [1.807, 2.05) is 44.4 Å². The predicted octanol–water partition coefficient (Wildman–Crippen LogP) is 4.08. The van der Waals surface area contributed by atoms with E-state index in [1.165, 1.54) is 0 Å². The molecule has 0 amide bonds. The summed E-state index contributed by atoms with van der Waals surface area (Å²) in [6.45, 7) is 0. The van der Waals surface area contributed by atoms with Gasteiger partial charge in [0.15, 0.2) is 11.5 Å². The molecule has 0 spiro atoms. The summed E-state index contributed by atoms with van der Waals surface area (Å²) in [5, 5.41) is 0. The van der Waals surface area contributed by atoms with E-state index in [-0.39, 0.29) is 0 Å². The van der Waals surface area contributed by atoms with Crippen LogP contribution in [0.25, 0.3) is 22.3 Å². The monoisotopic (exact) mass is 349 g/mol. The molecule has 0 saturated carbocycles. The van der Waals surface area contributed by atoms with Gasteiger partial charge in [-0.2, -0.15) is 0 Å². The fourth-order valence-corrected chi connectivity index (χ4v) is 2.83. The number of methoxy groups -OCH3 is 2. The van der Waals surface area contributed by atoms with Crippen molar-refractivity contribution in [3.63, 3.8) is 0 Å². The van der Waals surface area contributed by atoms with Crippen molar-refractivity contribution >= 4 is 11.5 Å². The van der Waals surface area contributed by atoms with E-state index in [4.69, 9.17) is 15.2 Å². The summed E-state index contributed by atoms with van der Waals surface area (Å²) in [7, 11) is 7.28. The molecule has 2 N–H and O–H groups in total. The highest BCUT2D eigenvalue weighted by molar-refractivity contribution is 5.81. The van der Waals surface area contributed by atoms with Crippen molar-refractivity contribution in [1.82, 2.24) is 4.98 Å². The molecule has 1 heterocycles. The Kier molecular flexibility index (Phi) is 4.98. The molecule has 0 aliphatic heterocycles. The molecule has 0 aliphatic carbocycles. The molecular formula is C21H23N3O2. The van der Waals surface area contributed by atoms with Crippen molar-refractivity contribution in [3.05, 3.63) is 54.7 Å². The molecule has 3 rings (SSSR count). The van der Waals surface area contributed by atoms with Crippen molar-refractivity contribution in [3.8, 4) is 33.8 Å². The van der Waals surface area contributed by atoms with Crippen LogP contribution in [-0.2, 0) is 0 Å². The second-order valence-electron chi connectivity index (χ2n) is 6.17. The van der Waals surface area contributed by atoms with E-state index < -0.39 is 0 Å². The molecule has 0 bridgehead atoms. The number of hydrogen-bond donors (Lipinski definition) is 1. The number of hydrogen-bond acceptors (Lipinski definition) is 5. The Bertz CT molecular complexity index is 923. The fraction of sp³-hybridized carbons (Fsp3) is 0.190. The minimum absolute atomic E-state index is 0.505. The van der Waals surface area contributed by atoms with Gasteiger partial charge in [-0.3, -0.25) is 0 Å². The lowest BCUT2D eigenvalue weighted by molar-refractivity contribution is 0.355. The Morgan fingerprint density at radius 2 is 1.62 bits per heavy atom. The molecule has 0 saturated heterocycles. The first kappa shape index (κ1) is 17.6. The number of aromatic nitrogens is 1. The van der Waals surface area contributed by atoms with Gasteiger partial charge in [-0.05, 0) is 41.5 Å². The molecule has 5 nitrogen and oxygen atoms in total. The van der Waals surface area contributed by atoms with E-state index in [2.05, 4.69) is 28.1 Å². The van der Waals surface area contributed by atoms with Gasteiger partial charge in [-0.25, -0.2) is 4.98 Å². The number of ether oxygens (including phenoxy) is 2. The van der Waals surface area contributed by atoms with E-state index in [0.29, 0.717) is 17.3 Å². The first-order chi connectivity index (χ1) is 12.5. The van der Waals surface area contributed by atoms with Gasteiger partial charge in [-0.1, -0.05) is 18.2 Å². The molecule has 0 fully saturated rings. The Morgan fingerprint density at radius 1 is 0.846 bits per heavy atom. The van der Waals surface area contributed by atoms with Crippen LogP contribution in [0.3, 0.4) is 0 Å². The molecule has 26 heavy (non-hydrogen) atoms. The third-order valence-electron chi connectivity index (χ3n) is 4.31. The highest BCUT2D eigenvalue weighted by atomic mass is 16.5. The number of nitrogens with zero attached hydrogens (tertiary/aromatic N) is 2. The summed E-state index contributed by atoms with van der Waals surface area (Å²) < 4.78 is 10.7. The van der Waals surface area contributed by atoms with Crippen LogP contribution in [0, 0.1) is 0 Å². The number of benzene rings is 2. The minimum Gasteiger partial charge on any atom is -0.493 e. The Labute approximate surface area is 154 Å². The second-order valence-corrected chi connectivity index (χ2v) is 6.17. The van der Waals surface area contributed by atoms with Crippen LogP contribution >= 0.6 is 0 Å². The average molecular weight is 349 g/mol. The van der Waals surface area contributed by atoms with Gasteiger partial charge in [0.25, 0.3) is 0 Å². The lowest BCUT2D eigenvalue weighted by Crippen LogP contribution is -2.08. The molecule has 0 unspecified atom stereocenters. The molecule has 5 heteroatoms. The third kappa shape index (κ3) is 3.42. The van der Waals surface area contributed by atoms with Crippen molar-refractivity contribution in [1.29, 1.82) is 0 Å². The highest BCUT2D eigenvalue weighted by Gasteiger charge is 2.11. The SMILES string of the molecule is COc1ccc(-c2cnc(N)c(-c3cccc(N(C)C)c3)c2)cc1OC. The standard InChI is InChI=1S/C21H23N3O2/c1-24(2)17-7-5-6-15(10-17)18-11-16(13-23-21(18)22)14-8-9-19(25-3)20(12-14)26-4/h5-13H,1-4H3,(H2,22,23). The number of nitrogen functional groups attached to an aromatic ring is 1. The Balaban J connectivity index is 2.07. The zero-order valence-corrected chi connectivity index (χ0v) is 15.5. The lowest BCUT2D eigenvalue weighted by atomic mass is 10.0. The second kappa shape index (κ2) is 7.35. The normalized spacial score (nSPS) is 10.5. The van der Waals surface area contributed by atoms with Crippen LogP contribution in [0.15, 0.2) is 54.7 Å². The highest BCUT2D eigenvalue weighted by Crippen LogP contribution is 2.35. The van der Waals surface area contributed by atoms with Gasteiger partial charge in [0.2, 0.25) is 0 Å². The van der Waals surface area contributed by atoms with Gasteiger partial charge in [-0.15, -0.1) is 0 Å². The van der Waals surface area contributed by atoms with Gasteiger partial charge in [0.1, 0.15) is 5.82 Å². The van der Waals surface area contributed by atoms with Gasteiger partial charge >= 0.3 is 0 Å². The van der Waals surface area contributed by atoms with Crippen LogP contribution in [0.2, 0.25) is 0 Å². The summed E-state index contributed by atoms with van der Waals surface area (Å²) in [5.41, 5.74) is 11.2. The van der Waals surface area contributed by atoms with E-state index in [0.717, 1.165) is 27.9 Å². The van der Waals surface area contributed by atoms with Crippen molar-refractivity contribution in [2.45, 2.75) is 0 Å². The number of nitrogens with two attached hydrogens (primary N) is 1. The summed E-state index contributed by atoms with van der Waals surface area (Å²) in [6, 6.07) is 16.1. The van der Waals surface area contributed by atoms with Crippen LogP contribution in [0.4, 0.5) is 11.5 Å². The number of pyridine rings is 1. The van der Waals surface area contributed by atoms with Crippen LogP contribution in [-0.4, -0.2) is 33.3 Å². The van der Waals surface area contributed by atoms with Gasteiger partial charge in [0, 0.05) is 37.1 Å². The summed E-state index contributed by atoms with van der Waals surface area (Å²) in [4.78, 5) is 6.46. The zero-order chi connectivity index (χ0) is 18.7. The minimum atomic E-state index is 0.505. The topological polar surface area (TPSA) is 60.6 Å². The fourth-order valence-electron chi connectivity index (χ4n) is 2.83. The largest absolute Gasteiger partial charge is 0.493 e. The first-order valence-corrected chi connectivity index (χ1v) is 8.29. The van der Waals surface area contributed by atoms with Gasteiger partial charge < -0.3 is 20.1 Å². The lowest BCUT2D eigenvalue weighted by Gasteiger charge is -2.15. The Morgan fingerprint density at radius 3 is 2.31 bits per heavy atom. The zero-order valence-electron chi connectivity index (χ0n) is 15.5. The van der Waals surface area contributed by atoms with E-state index >= 15 is 0 Å². The molecule has 3 aromatic rings. The molecule has 0 aliphatic rings. The summed E-state index contributed by atoms with van der Waals surface area (Å²) in [5.74, 6) is 1.88. The van der Waals surface area contributed by atoms with Crippen molar-refractivity contribution < 1.29 is 9.47 Å². The number of anilines is 2. The molecule has 0 radical (unpaired) electrons. The first-order valence-electron chi connectivity index (χ1n) is 8.29. The maximum absolute atomic E-state index is 6.16. The smallest absolute Gasteiger partial charge is 0.161 e. The molecule has 0 atom stereocenters. The quantitative estimate of drug-likeness (QED) is 0.752. The molecule has 1 aromatic heterocycles. The third-order valence-corrected chi connectivity index (χ3v) is 4.31. The van der Waals surface area contributed by atoms with E-state index in [1.54, 1.807) is 20.4 Å². The van der Waals surface area contributed by atoms with Crippen molar-refractivity contribution in [2.24, 2.45) is 0 Å². The van der Waals surface area contributed by atoms with E-state index in [9.17, 15) is 0 Å². The maximum atomic E-state index is 6.16. The van der Waals surface area contributed by atoms with Gasteiger partial charge in [0.05, 0.1) is 14.2 Å². The average Bonchev–Trinajstić information content (AvgIpc) is 2.67. The van der Waals surface area contributed by atoms with Crippen molar-refractivity contribution in [2.75, 3.05) is 38.9 Å². The maximum Gasteiger partial charge on any atom is 0.161 e. The van der Waals surface area contributed by atoms with Crippen LogP contribution < -0.4 is 20.1 Å². The molecule has 134 valence electrons. The van der Waals surface area contributed by atoms with Crippen LogP contribution in [0.5, 0.6) is 11.5 Å². The summed E-state index contributed by atoms with van der Waals surface area (Å²) in [6.07, 6.45) is 1.77. The Hall–Kier alpha value is -3.21. The summed E-state index contributed by atoms with van der Waals surface area (Å²) >= 11 is 0. The number of rotatable bonds is 5. The van der Waals surface area contributed by atoms with Crippen LogP contribution in [0.1, 0.15) is 0 Å². The molecule has 2 aromatic carbocycles. The molecular weight excluding hydrogens is 326 g/mol. The predicted molar refractivity (Wildman–Crippen MR) is 107 cm³/mol.